The molecule has 6 nitrogen and oxygen atoms in total. The van der Waals surface area contributed by atoms with Gasteiger partial charge in [-0.15, -0.1) is 0 Å². The highest BCUT2D eigenvalue weighted by Gasteiger charge is 2.45. The Labute approximate surface area is 252 Å². The van der Waals surface area contributed by atoms with Crippen LogP contribution >= 0.6 is 0 Å². The van der Waals surface area contributed by atoms with Crippen LogP contribution in [0.15, 0.2) is 122 Å². The molecule has 43 heavy (non-hydrogen) atoms. The van der Waals surface area contributed by atoms with Gasteiger partial charge in [-0.25, -0.2) is 9.59 Å². The number of hydrogen-bond acceptors (Lipinski definition) is 6. The van der Waals surface area contributed by atoms with E-state index in [1.165, 1.54) is 28.3 Å². The number of carbonyl (C=O) groups excluding carboxylic acids is 2. The van der Waals surface area contributed by atoms with Crippen molar-refractivity contribution in [2.45, 2.75) is 18.3 Å². The Bertz CT molecular complexity index is 1540. The number of benzene rings is 4. The molecule has 5 rings (SSSR count). The van der Waals surface area contributed by atoms with E-state index in [4.69, 9.17) is 18.9 Å². The summed E-state index contributed by atoms with van der Waals surface area (Å²) in [5.74, 6) is 0.593. The molecule has 0 aliphatic heterocycles. The molecule has 0 saturated heterocycles. The molecule has 0 unspecified atom stereocenters. The number of carbonyl (C=O) groups is 2. The van der Waals surface area contributed by atoms with Gasteiger partial charge in [0.1, 0.15) is 24.7 Å². The first-order chi connectivity index (χ1) is 21.1. The number of ether oxygens (including phenoxy) is 4. The maximum absolute atomic E-state index is 11.3. The molecule has 0 spiro atoms. The number of unbranched alkanes of at least 4 members (excludes halogenated alkanes) is 1. The summed E-state index contributed by atoms with van der Waals surface area (Å²) in [6.45, 7) is 8.08. The van der Waals surface area contributed by atoms with Gasteiger partial charge in [-0.3, -0.25) is 0 Å². The smallest absolute Gasteiger partial charge is 0.330 e. The van der Waals surface area contributed by atoms with E-state index in [9.17, 15) is 9.59 Å². The van der Waals surface area contributed by atoms with E-state index in [2.05, 4.69) is 86.0 Å². The first kappa shape index (κ1) is 29.4. The summed E-state index contributed by atoms with van der Waals surface area (Å²) >= 11 is 0. The van der Waals surface area contributed by atoms with E-state index in [-0.39, 0.29) is 13.2 Å². The van der Waals surface area contributed by atoms with Gasteiger partial charge in [0.2, 0.25) is 0 Å². The van der Waals surface area contributed by atoms with Gasteiger partial charge in [0.05, 0.1) is 18.6 Å². The van der Waals surface area contributed by atoms with Gasteiger partial charge in [-0.1, -0.05) is 86.0 Å². The van der Waals surface area contributed by atoms with Gasteiger partial charge < -0.3 is 18.9 Å². The summed E-state index contributed by atoms with van der Waals surface area (Å²) < 4.78 is 21.9. The maximum Gasteiger partial charge on any atom is 0.330 e. The molecule has 0 fully saturated rings. The number of hydrogen-bond donors (Lipinski definition) is 0. The van der Waals surface area contributed by atoms with E-state index < -0.39 is 17.4 Å². The van der Waals surface area contributed by atoms with Crippen LogP contribution in [0.5, 0.6) is 11.5 Å². The fourth-order valence-electron chi connectivity index (χ4n) is 5.61. The van der Waals surface area contributed by atoms with Crippen molar-refractivity contribution >= 4 is 11.9 Å². The predicted octanol–water partition coefficient (Wildman–Crippen LogP) is 7.05. The van der Waals surface area contributed by atoms with Gasteiger partial charge in [0.25, 0.3) is 0 Å². The Morgan fingerprint density at radius 2 is 1.00 bits per heavy atom. The lowest BCUT2D eigenvalue weighted by atomic mass is 9.68. The summed E-state index contributed by atoms with van der Waals surface area (Å²) in [5.41, 5.74) is 6.53. The van der Waals surface area contributed by atoms with Crippen LogP contribution in [0, 0.1) is 0 Å². The Kier molecular flexibility index (Phi) is 9.37. The zero-order chi connectivity index (χ0) is 30.1. The fraction of sp³-hybridized carbons (Fsp3) is 0.189. The monoisotopic (exact) mass is 574 g/mol. The standard InChI is InChI=1S/C37H34O6/c1-3-35(38)42-24-10-9-23-40-29-19-15-27(16-20-29)37(28-17-21-30(22-18-28)41-25-26-43-36(39)4-2)33-13-7-5-11-31(33)32-12-6-8-14-34(32)37/h3-8,11-22H,1-2,9-10,23-26H2. The fourth-order valence-corrected chi connectivity index (χ4v) is 5.61. The Morgan fingerprint density at radius 3 is 1.51 bits per heavy atom. The zero-order valence-electron chi connectivity index (χ0n) is 24.0. The van der Waals surface area contributed by atoms with Crippen molar-refractivity contribution in [2.24, 2.45) is 0 Å². The molecule has 0 saturated carbocycles. The summed E-state index contributed by atoms with van der Waals surface area (Å²) in [6.07, 6.45) is 3.78. The van der Waals surface area contributed by atoms with Gasteiger partial charge >= 0.3 is 11.9 Å². The van der Waals surface area contributed by atoms with Crippen LogP contribution in [0.1, 0.15) is 35.1 Å². The molecule has 0 aromatic heterocycles. The SMILES string of the molecule is C=CC(=O)OCCCCOc1ccc(C2(c3ccc(OCCOC(=O)C=C)cc3)c3ccccc3-c3ccccc32)cc1. The van der Waals surface area contributed by atoms with Crippen molar-refractivity contribution in [2.75, 3.05) is 26.4 Å². The van der Waals surface area contributed by atoms with Crippen LogP contribution in [-0.4, -0.2) is 38.4 Å². The second-order valence-electron chi connectivity index (χ2n) is 10.0. The van der Waals surface area contributed by atoms with E-state index in [1.54, 1.807) is 0 Å². The average Bonchev–Trinajstić information content (AvgIpc) is 3.36. The molecule has 0 amide bonds. The highest BCUT2D eigenvalue weighted by atomic mass is 16.6. The van der Waals surface area contributed by atoms with Crippen LogP contribution in [0.3, 0.4) is 0 Å². The quantitative estimate of drug-likeness (QED) is 0.0805. The minimum Gasteiger partial charge on any atom is -0.494 e. The Morgan fingerprint density at radius 1 is 0.558 bits per heavy atom. The summed E-state index contributed by atoms with van der Waals surface area (Å²) in [6, 6.07) is 33.5. The molecule has 0 atom stereocenters. The molecule has 1 aliphatic rings. The van der Waals surface area contributed by atoms with Crippen molar-refractivity contribution in [1.29, 1.82) is 0 Å². The number of rotatable bonds is 14. The van der Waals surface area contributed by atoms with Crippen LogP contribution < -0.4 is 9.47 Å². The molecule has 0 N–H and O–H groups in total. The lowest BCUT2D eigenvalue weighted by Gasteiger charge is -2.34. The molecule has 4 aromatic carbocycles. The molecule has 218 valence electrons. The van der Waals surface area contributed by atoms with Crippen molar-refractivity contribution < 1.29 is 28.5 Å². The zero-order valence-corrected chi connectivity index (χ0v) is 24.0. The first-order valence-electron chi connectivity index (χ1n) is 14.3. The van der Waals surface area contributed by atoms with Crippen molar-refractivity contribution in [3.63, 3.8) is 0 Å². The minimum absolute atomic E-state index is 0.147. The molecular formula is C37H34O6. The molecule has 0 bridgehead atoms. The molecule has 4 aromatic rings. The summed E-state index contributed by atoms with van der Waals surface area (Å²) in [4.78, 5) is 22.5. The van der Waals surface area contributed by atoms with E-state index in [0.29, 0.717) is 25.4 Å². The minimum atomic E-state index is -0.543. The van der Waals surface area contributed by atoms with Crippen molar-refractivity contribution in [3.05, 3.63) is 145 Å². The topological polar surface area (TPSA) is 71.1 Å². The van der Waals surface area contributed by atoms with Crippen molar-refractivity contribution in [3.8, 4) is 22.6 Å². The van der Waals surface area contributed by atoms with Crippen LogP contribution in [0.25, 0.3) is 11.1 Å². The average molecular weight is 575 g/mol. The number of fused-ring (bicyclic) bond motifs is 3. The van der Waals surface area contributed by atoms with E-state index in [1.807, 2.05) is 24.3 Å². The van der Waals surface area contributed by atoms with Gasteiger partial charge in [-0.2, -0.15) is 0 Å². The normalized spacial score (nSPS) is 12.4. The molecule has 1 aliphatic carbocycles. The van der Waals surface area contributed by atoms with Gasteiger partial charge in [0.15, 0.2) is 0 Å². The summed E-state index contributed by atoms with van der Waals surface area (Å²) in [7, 11) is 0. The predicted molar refractivity (Wildman–Crippen MR) is 166 cm³/mol. The molecule has 0 radical (unpaired) electrons. The third-order valence-electron chi connectivity index (χ3n) is 7.51. The number of esters is 2. The van der Waals surface area contributed by atoms with Gasteiger partial charge in [0, 0.05) is 12.2 Å². The highest BCUT2D eigenvalue weighted by molar-refractivity contribution is 5.86. The largest absolute Gasteiger partial charge is 0.494 e. The second kappa shape index (κ2) is 13.7. The van der Waals surface area contributed by atoms with Crippen LogP contribution in [0.4, 0.5) is 0 Å². The first-order valence-corrected chi connectivity index (χ1v) is 14.3. The maximum atomic E-state index is 11.3. The molecule has 6 heteroatoms. The van der Waals surface area contributed by atoms with E-state index >= 15 is 0 Å². The Balaban J connectivity index is 1.41. The van der Waals surface area contributed by atoms with E-state index in [0.717, 1.165) is 29.4 Å². The third kappa shape index (κ3) is 6.24. The van der Waals surface area contributed by atoms with Crippen molar-refractivity contribution in [1.82, 2.24) is 0 Å². The van der Waals surface area contributed by atoms with Crippen LogP contribution in [-0.2, 0) is 24.5 Å². The lowest BCUT2D eigenvalue weighted by Crippen LogP contribution is -2.28. The van der Waals surface area contributed by atoms with Crippen LogP contribution in [0.2, 0.25) is 0 Å². The third-order valence-corrected chi connectivity index (χ3v) is 7.51. The second-order valence-corrected chi connectivity index (χ2v) is 10.0. The molecule has 0 heterocycles. The summed E-state index contributed by atoms with van der Waals surface area (Å²) in [5, 5.41) is 0. The highest BCUT2D eigenvalue weighted by Crippen LogP contribution is 2.56. The Hall–Kier alpha value is -5.10. The molecular weight excluding hydrogens is 540 g/mol. The lowest BCUT2D eigenvalue weighted by molar-refractivity contribution is -0.139. The van der Waals surface area contributed by atoms with Gasteiger partial charge in [-0.05, 0) is 70.5 Å².